The summed E-state index contributed by atoms with van der Waals surface area (Å²) in [5.41, 5.74) is 5.54. The molecular weight excluding hydrogens is 353 g/mol. The van der Waals surface area contributed by atoms with Gasteiger partial charge in [-0.05, 0) is 48.0 Å². The van der Waals surface area contributed by atoms with Gasteiger partial charge in [-0.15, -0.1) is 0 Å². The first kappa shape index (κ1) is 16.4. The molecule has 0 aliphatic rings. The number of pyridine rings is 2. The molecule has 0 aliphatic carbocycles. The summed E-state index contributed by atoms with van der Waals surface area (Å²) in [4.78, 5) is 16.4. The number of hydrogen-bond donors (Lipinski definition) is 1. The van der Waals surface area contributed by atoms with Gasteiger partial charge in [0.25, 0.3) is 0 Å². The molecule has 0 bridgehead atoms. The third-order valence-electron chi connectivity index (χ3n) is 4.75. The maximum atomic E-state index is 13.4. The number of nitrogens with zero attached hydrogens (tertiary/aromatic N) is 4. The van der Waals surface area contributed by atoms with E-state index in [1.807, 2.05) is 43.0 Å². The Morgan fingerprint density at radius 2 is 1.86 bits per heavy atom. The molecule has 0 radical (unpaired) electrons. The highest BCUT2D eigenvalue weighted by Gasteiger charge is 2.18. The molecule has 0 unspecified atom stereocenters. The molecule has 5 aromatic rings. The number of halogens is 1. The molecule has 0 fully saturated rings. The lowest BCUT2D eigenvalue weighted by Gasteiger charge is -2.12. The molecular formula is C22H16FN5. The number of H-pyrrole nitrogens is 1. The highest BCUT2D eigenvalue weighted by atomic mass is 19.1. The molecule has 0 atom stereocenters. The lowest BCUT2D eigenvalue weighted by Crippen LogP contribution is -2.02. The van der Waals surface area contributed by atoms with E-state index < -0.39 is 0 Å². The van der Waals surface area contributed by atoms with Crippen molar-refractivity contribution in [2.45, 2.75) is 6.54 Å². The van der Waals surface area contributed by atoms with Crippen LogP contribution in [0.25, 0.3) is 33.5 Å². The lowest BCUT2D eigenvalue weighted by molar-refractivity contribution is 0.628. The standard InChI is InChI=1S/C22H16FN5/c23-17-5-3-16(4-6-17)20-21(18-7-10-25-22-19(18)8-11-26-22)28(14-27-20)13-15-2-1-9-24-12-15/h1-12,14H,13H2,(H,25,26). The quantitative estimate of drug-likeness (QED) is 0.501. The average molecular weight is 369 g/mol. The summed E-state index contributed by atoms with van der Waals surface area (Å²) in [6, 6.07) is 14.4. The molecule has 5 rings (SSSR count). The van der Waals surface area contributed by atoms with Gasteiger partial charge in [0.15, 0.2) is 0 Å². The number of imidazole rings is 1. The van der Waals surface area contributed by atoms with Gasteiger partial charge in [0.2, 0.25) is 0 Å². The van der Waals surface area contributed by atoms with Crippen molar-refractivity contribution in [1.82, 2.24) is 24.5 Å². The second-order valence-corrected chi connectivity index (χ2v) is 6.54. The van der Waals surface area contributed by atoms with Crippen molar-refractivity contribution >= 4 is 11.0 Å². The number of aromatic nitrogens is 5. The smallest absolute Gasteiger partial charge is 0.137 e. The Bertz CT molecular complexity index is 1240. The number of hydrogen-bond acceptors (Lipinski definition) is 3. The van der Waals surface area contributed by atoms with Crippen LogP contribution in [0.1, 0.15) is 5.56 Å². The molecule has 0 aliphatic heterocycles. The molecule has 0 saturated carbocycles. The Hall–Kier alpha value is -3.80. The minimum atomic E-state index is -0.267. The van der Waals surface area contributed by atoms with Crippen molar-refractivity contribution in [2.75, 3.05) is 0 Å². The predicted molar refractivity (Wildman–Crippen MR) is 106 cm³/mol. The van der Waals surface area contributed by atoms with Gasteiger partial charge in [-0.25, -0.2) is 14.4 Å². The minimum absolute atomic E-state index is 0.267. The van der Waals surface area contributed by atoms with Crippen molar-refractivity contribution in [3.63, 3.8) is 0 Å². The molecule has 4 aromatic heterocycles. The molecule has 0 spiro atoms. The van der Waals surface area contributed by atoms with Crippen LogP contribution in [0.15, 0.2) is 79.6 Å². The Morgan fingerprint density at radius 1 is 0.964 bits per heavy atom. The van der Waals surface area contributed by atoms with Crippen molar-refractivity contribution < 1.29 is 4.39 Å². The summed E-state index contributed by atoms with van der Waals surface area (Å²) in [5.74, 6) is -0.267. The van der Waals surface area contributed by atoms with Gasteiger partial charge < -0.3 is 9.55 Å². The zero-order valence-electron chi connectivity index (χ0n) is 14.9. The van der Waals surface area contributed by atoms with Crippen LogP contribution in [0, 0.1) is 5.82 Å². The summed E-state index contributed by atoms with van der Waals surface area (Å²) in [6.45, 7) is 0.631. The van der Waals surface area contributed by atoms with Crippen LogP contribution in [-0.2, 0) is 6.54 Å². The average Bonchev–Trinajstić information content (AvgIpc) is 3.36. The zero-order chi connectivity index (χ0) is 18.9. The summed E-state index contributed by atoms with van der Waals surface area (Å²) >= 11 is 0. The van der Waals surface area contributed by atoms with Gasteiger partial charge in [0, 0.05) is 41.3 Å². The maximum Gasteiger partial charge on any atom is 0.137 e. The van der Waals surface area contributed by atoms with Crippen LogP contribution in [0.3, 0.4) is 0 Å². The normalized spacial score (nSPS) is 11.2. The molecule has 1 aromatic carbocycles. The third-order valence-corrected chi connectivity index (χ3v) is 4.75. The Morgan fingerprint density at radius 3 is 2.68 bits per heavy atom. The number of rotatable bonds is 4. The van der Waals surface area contributed by atoms with Crippen LogP contribution in [0.5, 0.6) is 0 Å². The van der Waals surface area contributed by atoms with E-state index in [9.17, 15) is 4.39 Å². The molecule has 1 N–H and O–H groups in total. The van der Waals surface area contributed by atoms with E-state index in [-0.39, 0.29) is 5.82 Å². The lowest BCUT2D eigenvalue weighted by atomic mass is 10.0. The fraction of sp³-hybridized carbons (Fsp3) is 0.0455. The molecule has 5 nitrogen and oxygen atoms in total. The fourth-order valence-electron chi connectivity index (χ4n) is 3.46. The van der Waals surface area contributed by atoms with Crippen molar-refractivity contribution in [3.05, 3.63) is 91.0 Å². The van der Waals surface area contributed by atoms with Crippen LogP contribution >= 0.6 is 0 Å². The van der Waals surface area contributed by atoms with E-state index >= 15 is 0 Å². The monoisotopic (exact) mass is 369 g/mol. The van der Waals surface area contributed by atoms with Crippen molar-refractivity contribution in [2.24, 2.45) is 0 Å². The van der Waals surface area contributed by atoms with Crippen molar-refractivity contribution in [1.29, 1.82) is 0 Å². The molecule has 6 heteroatoms. The summed E-state index contributed by atoms with van der Waals surface area (Å²) < 4.78 is 15.5. The Kier molecular flexibility index (Phi) is 3.94. The van der Waals surface area contributed by atoms with E-state index in [0.717, 1.165) is 39.1 Å². The van der Waals surface area contributed by atoms with Crippen LogP contribution in [0.4, 0.5) is 4.39 Å². The van der Waals surface area contributed by atoms with Gasteiger partial charge in [0.1, 0.15) is 11.5 Å². The minimum Gasteiger partial charge on any atom is -0.346 e. The largest absolute Gasteiger partial charge is 0.346 e. The first-order valence-electron chi connectivity index (χ1n) is 8.92. The van der Waals surface area contributed by atoms with E-state index in [2.05, 4.69) is 24.5 Å². The zero-order valence-corrected chi connectivity index (χ0v) is 14.9. The predicted octanol–water partition coefficient (Wildman–Crippen LogP) is 4.68. The first-order valence-corrected chi connectivity index (χ1v) is 8.92. The SMILES string of the molecule is Fc1ccc(-c2ncn(Cc3cccnc3)c2-c2ccnc3[nH]ccc23)cc1. The van der Waals surface area contributed by atoms with Crippen molar-refractivity contribution in [3.8, 4) is 22.5 Å². The fourth-order valence-corrected chi connectivity index (χ4v) is 3.46. The second-order valence-electron chi connectivity index (χ2n) is 6.54. The molecule has 28 heavy (non-hydrogen) atoms. The third kappa shape index (κ3) is 2.85. The number of nitrogens with one attached hydrogen (secondary N) is 1. The van der Waals surface area contributed by atoms with E-state index in [4.69, 9.17) is 0 Å². The second kappa shape index (κ2) is 6.74. The molecule has 0 saturated heterocycles. The van der Waals surface area contributed by atoms with Gasteiger partial charge >= 0.3 is 0 Å². The van der Waals surface area contributed by atoms with Crippen LogP contribution in [-0.4, -0.2) is 24.5 Å². The van der Waals surface area contributed by atoms with Gasteiger partial charge in [-0.3, -0.25) is 4.98 Å². The highest BCUT2D eigenvalue weighted by molar-refractivity contribution is 5.95. The summed E-state index contributed by atoms with van der Waals surface area (Å²) in [6.07, 6.45) is 9.08. The highest BCUT2D eigenvalue weighted by Crippen LogP contribution is 2.35. The first-order chi connectivity index (χ1) is 13.8. The molecule has 0 amide bonds. The number of fused-ring (bicyclic) bond motifs is 1. The van der Waals surface area contributed by atoms with Crippen LogP contribution < -0.4 is 0 Å². The van der Waals surface area contributed by atoms with Gasteiger partial charge in [-0.1, -0.05) is 6.07 Å². The van der Waals surface area contributed by atoms with Gasteiger partial charge in [-0.2, -0.15) is 0 Å². The Balaban J connectivity index is 1.72. The van der Waals surface area contributed by atoms with E-state index in [0.29, 0.717) is 6.54 Å². The summed E-state index contributed by atoms with van der Waals surface area (Å²) in [5, 5.41) is 1.01. The molecule has 4 heterocycles. The summed E-state index contributed by atoms with van der Waals surface area (Å²) in [7, 11) is 0. The number of aromatic amines is 1. The topological polar surface area (TPSA) is 59.4 Å². The van der Waals surface area contributed by atoms with Crippen LogP contribution in [0.2, 0.25) is 0 Å². The van der Waals surface area contributed by atoms with Gasteiger partial charge in [0.05, 0.1) is 24.3 Å². The molecule has 136 valence electrons. The van der Waals surface area contributed by atoms with E-state index in [1.165, 1.54) is 12.1 Å². The maximum absolute atomic E-state index is 13.4. The number of benzene rings is 1. The van der Waals surface area contributed by atoms with E-state index in [1.54, 1.807) is 24.5 Å². The Labute approximate surface area is 160 Å².